The molecule has 0 aliphatic carbocycles. The molecule has 0 bridgehead atoms. The van der Waals surface area contributed by atoms with Crippen molar-refractivity contribution >= 4 is 14.0 Å². The first-order valence-corrected chi connectivity index (χ1v) is 4.29. The number of aliphatic carboxylic acids is 1. The summed E-state index contributed by atoms with van der Waals surface area (Å²) in [6.07, 6.45) is -0.0791. The average molecular weight is 152 g/mol. The molecule has 0 fully saturated rings. The average Bonchev–Trinajstić information content (AvgIpc) is 1.63. The van der Waals surface area contributed by atoms with E-state index in [0.29, 0.717) is 0 Å². The van der Waals surface area contributed by atoms with Gasteiger partial charge in [-0.25, -0.2) is 0 Å². The second-order valence-electron chi connectivity index (χ2n) is 1.48. The van der Waals surface area contributed by atoms with E-state index < -0.39 is 14.0 Å². The lowest BCUT2D eigenvalue weighted by atomic mass is 10.5. The zero-order chi connectivity index (χ0) is 7.28. The summed E-state index contributed by atoms with van der Waals surface area (Å²) in [5.41, 5.74) is 0. The molecule has 1 unspecified atom stereocenters. The maximum Gasteiger partial charge on any atom is 0.305 e. The highest BCUT2D eigenvalue weighted by molar-refractivity contribution is 7.38. The molecule has 0 saturated carbocycles. The van der Waals surface area contributed by atoms with Gasteiger partial charge >= 0.3 is 5.97 Å². The van der Waals surface area contributed by atoms with Crippen LogP contribution in [0.2, 0.25) is 0 Å². The Balaban J connectivity index is 3.10. The van der Waals surface area contributed by atoms with E-state index in [4.69, 9.17) is 5.11 Å². The third kappa shape index (κ3) is 7.66. The molecular weight excluding hydrogens is 143 g/mol. The fourth-order valence-corrected chi connectivity index (χ4v) is 0.672. The largest absolute Gasteiger partial charge is 0.481 e. The third-order valence-corrected chi connectivity index (χ3v) is 1.23. The zero-order valence-corrected chi connectivity index (χ0v) is 6.09. The Morgan fingerprint density at radius 3 is 2.67 bits per heavy atom. The van der Waals surface area contributed by atoms with Gasteiger partial charge in [0.05, 0.1) is 13.0 Å². The molecule has 0 rings (SSSR count). The lowest BCUT2D eigenvalue weighted by Gasteiger charge is -1.94. The molecule has 0 aromatic heterocycles. The number of carboxylic acids is 1. The quantitative estimate of drug-likeness (QED) is 0.598. The summed E-state index contributed by atoms with van der Waals surface area (Å²) >= 11 is 0. The molecule has 0 spiro atoms. The highest BCUT2D eigenvalue weighted by atomic mass is 31.1. The minimum Gasteiger partial charge on any atom is -0.481 e. The summed E-state index contributed by atoms with van der Waals surface area (Å²) in [7, 11) is -1.94. The Kier molecular flexibility index (Phi) is 4.36. The van der Waals surface area contributed by atoms with Crippen molar-refractivity contribution in [1.82, 2.24) is 0 Å². The van der Waals surface area contributed by atoms with Crippen molar-refractivity contribution in [2.24, 2.45) is 0 Å². The van der Waals surface area contributed by atoms with E-state index in [2.05, 4.69) is 4.52 Å². The van der Waals surface area contributed by atoms with Crippen LogP contribution < -0.4 is 0 Å². The lowest BCUT2D eigenvalue weighted by molar-refractivity contribution is -0.137. The monoisotopic (exact) mass is 152 g/mol. The Morgan fingerprint density at radius 1 is 1.78 bits per heavy atom. The van der Waals surface area contributed by atoms with Crippen LogP contribution in [-0.4, -0.2) is 24.3 Å². The van der Waals surface area contributed by atoms with E-state index in [9.17, 15) is 9.36 Å². The number of hydrogen-bond acceptors (Lipinski definition) is 3. The summed E-state index contributed by atoms with van der Waals surface area (Å²) < 4.78 is 14.7. The van der Waals surface area contributed by atoms with Crippen LogP contribution in [0.5, 0.6) is 0 Å². The van der Waals surface area contributed by atoms with E-state index in [1.807, 2.05) is 0 Å². The van der Waals surface area contributed by atoms with Crippen LogP contribution >= 0.6 is 8.03 Å². The molecule has 0 aromatic rings. The molecule has 0 aromatic carbocycles. The van der Waals surface area contributed by atoms with E-state index in [0.717, 1.165) is 0 Å². The van der Waals surface area contributed by atoms with Gasteiger partial charge in [-0.1, -0.05) is 0 Å². The van der Waals surface area contributed by atoms with Crippen molar-refractivity contribution in [3.63, 3.8) is 0 Å². The molecule has 1 atom stereocenters. The summed E-state index contributed by atoms with van der Waals surface area (Å²) in [6, 6.07) is 0. The lowest BCUT2D eigenvalue weighted by Crippen LogP contribution is -1.98. The maximum atomic E-state index is 10.2. The third-order valence-electron chi connectivity index (χ3n) is 0.621. The Bertz CT molecular complexity index is 108. The van der Waals surface area contributed by atoms with E-state index in [-0.39, 0.29) is 13.0 Å². The molecule has 54 valence electrons. The number of rotatable bonds is 4. The SMILES string of the molecule is C[PH](=O)OCCC(=O)O. The molecule has 0 radical (unpaired) electrons. The molecule has 0 heterocycles. The second kappa shape index (κ2) is 4.53. The van der Waals surface area contributed by atoms with Crippen LogP contribution in [0.15, 0.2) is 0 Å². The van der Waals surface area contributed by atoms with Gasteiger partial charge in [-0.15, -0.1) is 0 Å². The first-order chi connectivity index (χ1) is 4.13. The minimum absolute atomic E-state index is 0.0453. The summed E-state index contributed by atoms with van der Waals surface area (Å²) in [5.74, 6) is -0.932. The van der Waals surface area contributed by atoms with E-state index in [1.165, 1.54) is 6.66 Å². The topological polar surface area (TPSA) is 63.6 Å². The van der Waals surface area contributed by atoms with Crippen LogP contribution in [0.4, 0.5) is 0 Å². The van der Waals surface area contributed by atoms with Crippen molar-refractivity contribution in [3.8, 4) is 0 Å². The van der Waals surface area contributed by atoms with Crippen molar-refractivity contribution in [2.75, 3.05) is 13.3 Å². The standard InChI is InChI=1S/C4H9O4P/c1-9(7)8-3-2-4(5)6/h9H,2-3H2,1H3,(H,5,6). The highest BCUT2D eigenvalue weighted by Gasteiger charge is 1.96. The van der Waals surface area contributed by atoms with Gasteiger partial charge in [0, 0.05) is 6.66 Å². The van der Waals surface area contributed by atoms with Gasteiger partial charge in [0.15, 0.2) is 8.03 Å². The molecule has 9 heavy (non-hydrogen) atoms. The Labute approximate surface area is 53.7 Å². The van der Waals surface area contributed by atoms with Gasteiger partial charge < -0.3 is 9.63 Å². The first-order valence-electron chi connectivity index (χ1n) is 2.48. The molecule has 0 saturated heterocycles. The number of carbonyl (C=O) groups is 1. The Morgan fingerprint density at radius 2 is 2.33 bits per heavy atom. The molecular formula is C4H9O4P. The van der Waals surface area contributed by atoms with Crippen LogP contribution in [0.1, 0.15) is 6.42 Å². The highest BCUT2D eigenvalue weighted by Crippen LogP contribution is 2.14. The molecule has 0 amide bonds. The smallest absolute Gasteiger partial charge is 0.305 e. The molecule has 1 N–H and O–H groups in total. The maximum absolute atomic E-state index is 10.2. The van der Waals surface area contributed by atoms with E-state index >= 15 is 0 Å². The van der Waals surface area contributed by atoms with Crippen molar-refractivity contribution in [2.45, 2.75) is 6.42 Å². The van der Waals surface area contributed by atoms with Crippen LogP contribution in [-0.2, 0) is 13.9 Å². The fourth-order valence-electron chi connectivity index (χ4n) is 0.282. The fraction of sp³-hybridized carbons (Fsp3) is 0.750. The van der Waals surface area contributed by atoms with E-state index in [1.54, 1.807) is 0 Å². The molecule has 0 aliphatic rings. The predicted molar refractivity (Wildman–Crippen MR) is 33.1 cm³/mol. The number of hydrogen-bond donors (Lipinski definition) is 1. The summed E-state index contributed by atoms with van der Waals surface area (Å²) in [6.45, 7) is 1.47. The van der Waals surface area contributed by atoms with Crippen LogP contribution in [0.3, 0.4) is 0 Å². The van der Waals surface area contributed by atoms with Gasteiger partial charge in [-0.05, 0) is 0 Å². The van der Waals surface area contributed by atoms with Crippen molar-refractivity contribution in [3.05, 3.63) is 0 Å². The van der Waals surface area contributed by atoms with Gasteiger partial charge in [-0.2, -0.15) is 0 Å². The zero-order valence-electron chi connectivity index (χ0n) is 5.09. The Hall–Kier alpha value is -0.340. The normalized spacial score (nSPS) is 13.0. The predicted octanol–water partition coefficient (Wildman–Crippen LogP) is 0.582. The van der Waals surface area contributed by atoms with Gasteiger partial charge in [0.25, 0.3) is 0 Å². The molecule has 5 heteroatoms. The van der Waals surface area contributed by atoms with Gasteiger partial charge in [0.2, 0.25) is 0 Å². The molecule has 0 aliphatic heterocycles. The second-order valence-corrected chi connectivity index (χ2v) is 2.76. The van der Waals surface area contributed by atoms with Crippen LogP contribution in [0.25, 0.3) is 0 Å². The first kappa shape index (κ1) is 8.66. The van der Waals surface area contributed by atoms with Gasteiger partial charge in [0.1, 0.15) is 0 Å². The van der Waals surface area contributed by atoms with Crippen LogP contribution in [0, 0.1) is 0 Å². The summed E-state index contributed by atoms with van der Waals surface area (Å²) in [5, 5.41) is 8.06. The van der Waals surface area contributed by atoms with Crippen molar-refractivity contribution in [1.29, 1.82) is 0 Å². The van der Waals surface area contributed by atoms with Crippen molar-refractivity contribution < 1.29 is 19.0 Å². The summed E-state index contributed by atoms with van der Waals surface area (Å²) in [4.78, 5) is 9.81. The van der Waals surface area contributed by atoms with Gasteiger partial charge in [-0.3, -0.25) is 9.36 Å². The molecule has 4 nitrogen and oxygen atoms in total. The number of carboxylic acid groups (broad SMARTS) is 1. The minimum atomic E-state index is -1.94.